The molecule has 0 saturated heterocycles. The van der Waals surface area contributed by atoms with Crippen molar-refractivity contribution in [3.05, 3.63) is 35.7 Å². The number of rotatable bonds is 8. The molecule has 0 heterocycles. The van der Waals surface area contributed by atoms with E-state index in [0.717, 1.165) is 12.0 Å². The van der Waals surface area contributed by atoms with Crippen LogP contribution in [0, 0.1) is 5.92 Å². The molecule has 0 bridgehead atoms. The van der Waals surface area contributed by atoms with Crippen LogP contribution in [-0.2, 0) is 9.59 Å². The first-order valence-corrected chi connectivity index (χ1v) is 6.54. The monoisotopic (exact) mass is 264 g/mol. The molecule has 106 valence electrons. The predicted octanol–water partition coefficient (Wildman–Crippen LogP) is 2.65. The molecule has 0 fully saturated rings. The summed E-state index contributed by atoms with van der Waals surface area (Å²) < 4.78 is 0. The number of amides is 2. The topological polar surface area (TPSA) is 58.2 Å². The van der Waals surface area contributed by atoms with Gasteiger partial charge in [0.25, 0.3) is 0 Å². The van der Waals surface area contributed by atoms with Gasteiger partial charge in [-0.25, -0.2) is 0 Å². The highest BCUT2D eigenvalue weighted by atomic mass is 16.1. The Morgan fingerprint density at radius 3 is 2.42 bits per heavy atom. The maximum Gasteiger partial charge on any atom is 0.224 e. The van der Waals surface area contributed by atoms with Crippen LogP contribution >= 0.6 is 0 Å². The van der Waals surface area contributed by atoms with Gasteiger partial charge in [-0.15, -0.1) is 0 Å². The minimum atomic E-state index is -0.0854. The largest absolute Gasteiger partial charge is 0.329 e. The minimum Gasteiger partial charge on any atom is -0.329 e. The number of allylic oxidation sites excluding steroid dienone is 3. The third kappa shape index (κ3) is 6.04. The SMILES string of the molecule is C=C/C(=C\C(NC=O)=C(\C)C(C)CC)NC(=O)CC. The second-order valence-electron chi connectivity index (χ2n) is 4.37. The molecule has 1 atom stereocenters. The zero-order valence-electron chi connectivity index (χ0n) is 12.2. The first-order chi connectivity index (χ1) is 8.99. The molecular weight excluding hydrogens is 240 g/mol. The maximum atomic E-state index is 11.4. The lowest BCUT2D eigenvalue weighted by Gasteiger charge is -2.14. The summed E-state index contributed by atoms with van der Waals surface area (Å²) in [5.41, 5.74) is 2.36. The van der Waals surface area contributed by atoms with Crippen molar-refractivity contribution in [1.29, 1.82) is 0 Å². The Morgan fingerprint density at radius 1 is 1.37 bits per heavy atom. The van der Waals surface area contributed by atoms with Gasteiger partial charge in [0.1, 0.15) is 0 Å². The molecule has 4 nitrogen and oxygen atoms in total. The fraction of sp³-hybridized carbons (Fsp3) is 0.467. The van der Waals surface area contributed by atoms with Gasteiger partial charge < -0.3 is 10.6 Å². The molecular formula is C15H24N2O2. The zero-order chi connectivity index (χ0) is 14.8. The molecule has 0 aliphatic carbocycles. The van der Waals surface area contributed by atoms with E-state index in [2.05, 4.69) is 31.1 Å². The van der Waals surface area contributed by atoms with Gasteiger partial charge in [0.05, 0.1) is 0 Å². The number of hydrogen-bond acceptors (Lipinski definition) is 2. The highest BCUT2D eigenvalue weighted by Gasteiger charge is 2.08. The van der Waals surface area contributed by atoms with E-state index < -0.39 is 0 Å². The molecule has 0 aromatic rings. The highest BCUT2D eigenvalue weighted by Crippen LogP contribution is 2.17. The maximum absolute atomic E-state index is 11.4. The molecule has 2 amide bonds. The van der Waals surface area contributed by atoms with Crippen LogP contribution in [0.4, 0.5) is 0 Å². The van der Waals surface area contributed by atoms with Crippen LogP contribution in [0.2, 0.25) is 0 Å². The van der Waals surface area contributed by atoms with E-state index in [1.807, 2.05) is 6.92 Å². The van der Waals surface area contributed by atoms with E-state index in [-0.39, 0.29) is 5.91 Å². The molecule has 2 N–H and O–H groups in total. The Hall–Kier alpha value is -1.84. The van der Waals surface area contributed by atoms with Gasteiger partial charge in [-0.1, -0.05) is 27.4 Å². The average molecular weight is 264 g/mol. The molecule has 0 radical (unpaired) electrons. The van der Waals surface area contributed by atoms with Gasteiger partial charge in [0.15, 0.2) is 0 Å². The van der Waals surface area contributed by atoms with Crippen molar-refractivity contribution in [2.45, 2.75) is 40.5 Å². The van der Waals surface area contributed by atoms with Crippen molar-refractivity contribution in [1.82, 2.24) is 10.6 Å². The lowest BCUT2D eigenvalue weighted by atomic mass is 9.97. The standard InChI is InChI=1S/C15H24N2O2/c1-6-11(4)12(5)14(16-10-18)9-13(7-2)17-15(19)8-3/h7,9-11H,2,6,8H2,1,3-5H3,(H,16,18)(H,17,19)/b13-9+,14-12+. The summed E-state index contributed by atoms with van der Waals surface area (Å²) in [5, 5.41) is 5.41. The van der Waals surface area contributed by atoms with Gasteiger partial charge >= 0.3 is 0 Å². The fourth-order valence-electron chi connectivity index (χ4n) is 1.46. The quantitative estimate of drug-likeness (QED) is 0.523. The second-order valence-corrected chi connectivity index (χ2v) is 4.37. The van der Waals surface area contributed by atoms with Gasteiger partial charge in [-0.2, -0.15) is 0 Å². The Bertz CT molecular complexity index is 395. The first-order valence-electron chi connectivity index (χ1n) is 6.54. The van der Waals surface area contributed by atoms with Crippen molar-refractivity contribution in [2.24, 2.45) is 5.92 Å². The van der Waals surface area contributed by atoms with Crippen molar-refractivity contribution in [3.8, 4) is 0 Å². The molecule has 0 rings (SSSR count). The molecule has 19 heavy (non-hydrogen) atoms. The number of carbonyl (C=O) groups is 2. The summed E-state index contributed by atoms with van der Waals surface area (Å²) in [6.07, 6.45) is 5.31. The highest BCUT2D eigenvalue weighted by molar-refractivity contribution is 5.78. The fourth-order valence-corrected chi connectivity index (χ4v) is 1.46. The van der Waals surface area contributed by atoms with E-state index in [1.165, 1.54) is 0 Å². The van der Waals surface area contributed by atoms with Gasteiger partial charge in [0.2, 0.25) is 12.3 Å². The normalized spacial score (nSPS) is 14.2. The van der Waals surface area contributed by atoms with Crippen LogP contribution in [0.15, 0.2) is 35.7 Å². The average Bonchev–Trinajstić information content (AvgIpc) is 2.43. The summed E-state index contributed by atoms with van der Waals surface area (Å²) in [6.45, 7) is 11.6. The van der Waals surface area contributed by atoms with Crippen LogP contribution in [0.1, 0.15) is 40.5 Å². The molecule has 1 unspecified atom stereocenters. The van der Waals surface area contributed by atoms with Crippen molar-refractivity contribution >= 4 is 12.3 Å². The lowest BCUT2D eigenvalue weighted by molar-refractivity contribution is -0.120. The number of hydrogen-bond donors (Lipinski definition) is 2. The van der Waals surface area contributed by atoms with Gasteiger partial charge in [-0.3, -0.25) is 9.59 Å². The van der Waals surface area contributed by atoms with E-state index in [1.54, 1.807) is 19.1 Å². The zero-order valence-corrected chi connectivity index (χ0v) is 12.2. The number of nitrogens with one attached hydrogen (secondary N) is 2. The summed E-state index contributed by atoms with van der Waals surface area (Å²) in [5.74, 6) is 0.268. The van der Waals surface area contributed by atoms with E-state index >= 15 is 0 Å². The minimum absolute atomic E-state index is 0.0854. The van der Waals surface area contributed by atoms with Gasteiger partial charge in [-0.05, 0) is 37.0 Å². The Labute approximate surface area is 115 Å². The summed E-state index contributed by atoms with van der Waals surface area (Å²) >= 11 is 0. The van der Waals surface area contributed by atoms with Gasteiger partial charge in [0, 0.05) is 17.8 Å². The Balaban J connectivity index is 5.32. The lowest BCUT2D eigenvalue weighted by Crippen LogP contribution is -2.22. The van der Waals surface area contributed by atoms with Crippen LogP contribution < -0.4 is 10.6 Å². The third-order valence-corrected chi connectivity index (χ3v) is 3.12. The third-order valence-electron chi connectivity index (χ3n) is 3.12. The van der Waals surface area contributed by atoms with Crippen molar-refractivity contribution < 1.29 is 9.59 Å². The van der Waals surface area contributed by atoms with E-state index in [9.17, 15) is 9.59 Å². The van der Waals surface area contributed by atoms with E-state index in [0.29, 0.717) is 30.1 Å². The molecule has 0 spiro atoms. The second kappa shape index (κ2) is 9.14. The summed E-state index contributed by atoms with van der Waals surface area (Å²) in [7, 11) is 0. The molecule has 4 heteroatoms. The first kappa shape index (κ1) is 17.2. The Morgan fingerprint density at radius 2 is 2.00 bits per heavy atom. The molecule has 0 aromatic carbocycles. The molecule has 0 saturated carbocycles. The van der Waals surface area contributed by atoms with E-state index in [4.69, 9.17) is 0 Å². The van der Waals surface area contributed by atoms with Crippen LogP contribution in [-0.4, -0.2) is 12.3 Å². The van der Waals surface area contributed by atoms with Crippen LogP contribution in [0.25, 0.3) is 0 Å². The molecule has 0 aliphatic rings. The molecule has 0 aliphatic heterocycles. The summed E-state index contributed by atoms with van der Waals surface area (Å²) in [4.78, 5) is 22.1. The molecule has 0 aromatic heterocycles. The van der Waals surface area contributed by atoms with Crippen molar-refractivity contribution in [2.75, 3.05) is 0 Å². The Kier molecular flexibility index (Phi) is 8.25. The van der Waals surface area contributed by atoms with Crippen LogP contribution in [0.3, 0.4) is 0 Å². The predicted molar refractivity (Wildman–Crippen MR) is 78.1 cm³/mol. The summed E-state index contributed by atoms with van der Waals surface area (Å²) in [6, 6.07) is 0. The van der Waals surface area contributed by atoms with Crippen LogP contribution in [0.5, 0.6) is 0 Å². The smallest absolute Gasteiger partial charge is 0.224 e. The number of carbonyl (C=O) groups excluding carboxylic acids is 2. The van der Waals surface area contributed by atoms with Crippen molar-refractivity contribution in [3.63, 3.8) is 0 Å².